The summed E-state index contributed by atoms with van der Waals surface area (Å²) in [4.78, 5) is 2.27. The summed E-state index contributed by atoms with van der Waals surface area (Å²) in [5.41, 5.74) is 1.72. The average Bonchev–Trinajstić information content (AvgIpc) is 3.58. The standard InChI is InChI=1S/C28H33N3O7/c1-17-29-30-28(37-17)26-14-21-22(6-5-7-23(21)38-26)36-16-19(32)15-31-10-8-18(9-11-31)27-24(34-3)12-20(33-2)13-25(27)35-4/h5-7,12-14,18-19,32H,8-11,15-16H2,1-4H3/t19-/m0/s1. The largest absolute Gasteiger partial charge is 0.496 e. The molecule has 0 aliphatic carbocycles. The number of nitrogens with zero attached hydrogens (tertiary/aromatic N) is 3. The molecule has 1 fully saturated rings. The Morgan fingerprint density at radius 2 is 1.71 bits per heavy atom. The maximum Gasteiger partial charge on any atom is 0.283 e. The van der Waals surface area contributed by atoms with E-state index in [1.807, 2.05) is 36.4 Å². The van der Waals surface area contributed by atoms with Gasteiger partial charge in [0.15, 0.2) is 5.76 Å². The Morgan fingerprint density at radius 3 is 2.34 bits per heavy atom. The van der Waals surface area contributed by atoms with Gasteiger partial charge in [0.05, 0.1) is 26.7 Å². The highest BCUT2D eigenvalue weighted by atomic mass is 16.5. The van der Waals surface area contributed by atoms with Gasteiger partial charge in [-0.15, -0.1) is 10.2 Å². The zero-order chi connectivity index (χ0) is 26.6. The minimum absolute atomic E-state index is 0.166. The molecule has 3 heterocycles. The molecule has 38 heavy (non-hydrogen) atoms. The number of furan rings is 1. The molecule has 0 spiro atoms. The van der Waals surface area contributed by atoms with Crippen molar-refractivity contribution in [1.29, 1.82) is 0 Å². The number of methoxy groups -OCH3 is 3. The Morgan fingerprint density at radius 1 is 0.974 bits per heavy atom. The van der Waals surface area contributed by atoms with E-state index in [0.29, 0.717) is 47.1 Å². The number of ether oxygens (including phenoxy) is 4. The summed E-state index contributed by atoms with van der Waals surface area (Å²) in [6.07, 6.45) is 1.22. The first kappa shape index (κ1) is 25.9. The molecule has 1 aliphatic heterocycles. The van der Waals surface area contributed by atoms with Crippen LogP contribution in [0.5, 0.6) is 23.0 Å². The monoisotopic (exact) mass is 523 g/mol. The van der Waals surface area contributed by atoms with Crippen LogP contribution in [-0.2, 0) is 0 Å². The molecule has 0 bridgehead atoms. The third-order valence-corrected chi connectivity index (χ3v) is 6.91. The normalized spacial score (nSPS) is 15.5. The third kappa shape index (κ3) is 5.41. The van der Waals surface area contributed by atoms with E-state index in [1.165, 1.54) is 0 Å². The number of aliphatic hydroxyl groups excluding tert-OH is 1. The van der Waals surface area contributed by atoms with Crippen LogP contribution in [-0.4, -0.2) is 73.9 Å². The van der Waals surface area contributed by atoms with Crippen LogP contribution in [0.25, 0.3) is 22.6 Å². The number of hydrogen-bond acceptors (Lipinski definition) is 10. The highest BCUT2D eigenvalue weighted by Gasteiger charge is 2.28. The lowest BCUT2D eigenvalue weighted by molar-refractivity contribution is 0.0597. The van der Waals surface area contributed by atoms with Gasteiger partial charge in [-0.25, -0.2) is 0 Å². The van der Waals surface area contributed by atoms with E-state index in [2.05, 4.69) is 15.1 Å². The maximum atomic E-state index is 10.7. The molecule has 1 saturated heterocycles. The molecular weight excluding hydrogens is 490 g/mol. The Bertz CT molecular complexity index is 1350. The fourth-order valence-corrected chi connectivity index (χ4v) is 5.04. The number of piperidine rings is 1. The van der Waals surface area contributed by atoms with Crippen molar-refractivity contribution in [3.05, 3.63) is 47.9 Å². The van der Waals surface area contributed by atoms with E-state index in [9.17, 15) is 5.11 Å². The second-order valence-corrected chi connectivity index (χ2v) is 9.39. The van der Waals surface area contributed by atoms with Crippen molar-refractivity contribution in [2.75, 3.05) is 47.6 Å². The number of aliphatic hydroxyl groups is 1. The number of benzene rings is 2. The molecule has 0 saturated carbocycles. The number of hydrogen-bond donors (Lipinski definition) is 1. The van der Waals surface area contributed by atoms with Crippen LogP contribution in [0.1, 0.15) is 30.2 Å². The van der Waals surface area contributed by atoms with Crippen molar-refractivity contribution in [2.45, 2.75) is 31.8 Å². The summed E-state index contributed by atoms with van der Waals surface area (Å²) < 4.78 is 34.0. The summed E-state index contributed by atoms with van der Waals surface area (Å²) in [6.45, 7) is 4.12. The molecule has 2 aromatic heterocycles. The average molecular weight is 524 g/mol. The fourth-order valence-electron chi connectivity index (χ4n) is 5.04. The molecule has 5 rings (SSSR count). The SMILES string of the molecule is COc1cc(OC)c(C2CCN(C[C@H](O)COc3cccc4oc(-c5nnc(C)o5)cc34)CC2)c(OC)c1. The predicted molar refractivity (Wildman–Crippen MR) is 140 cm³/mol. The van der Waals surface area contributed by atoms with E-state index < -0.39 is 6.10 Å². The molecule has 4 aromatic rings. The maximum absolute atomic E-state index is 10.7. The topological polar surface area (TPSA) is 112 Å². The van der Waals surface area contributed by atoms with E-state index in [1.54, 1.807) is 28.3 Å². The summed E-state index contributed by atoms with van der Waals surface area (Å²) in [5.74, 6) is 4.44. The number of aromatic nitrogens is 2. The molecule has 0 unspecified atom stereocenters. The van der Waals surface area contributed by atoms with Gasteiger partial charge in [0, 0.05) is 37.2 Å². The quantitative estimate of drug-likeness (QED) is 0.320. The second-order valence-electron chi connectivity index (χ2n) is 9.39. The van der Waals surface area contributed by atoms with E-state index in [4.69, 9.17) is 27.8 Å². The van der Waals surface area contributed by atoms with Gasteiger partial charge in [-0.1, -0.05) is 6.07 Å². The fraction of sp³-hybridized carbons (Fsp3) is 0.429. The van der Waals surface area contributed by atoms with E-state index in [0.717, 1.165) is 48.4 Å². The van der Waals surface area contributed by atoms with Crippen molar-refractivity contribution in [1.82, 2.24) is 15.1 Å². The van der Waals surface area contributed by atoms with Gasteiger partial charge in [-0.2, -0.15) is 0 Å². The highest BCUT2D eigenvalue weighted by molar-refractivity contribution is 5.87. The van der Waals surface area contributed by atoms with Gasteiger partial charge in [-0.3, -0.25) is 0 Å². The van der Waals surface area contributed by atoms with E-state index >= 15 is 0 Å². The first-order valence-corrected chi connectivity index (χ1v) is 12.6. The van der Waals surface area contributed by atoms with Gasteiger partial charge in [-0.05, 0) is 44.0 Å². The van der Waals surface area contributed by atoms with Crippen LogP contribution in [0.3, 0.4) is 0 Å². The van der Waals surface area contributed by atoms with Crippen LogP contribution in [0.15, 0.2) is 45.2 Å². The smallest absolute Gasteiger partial charge is 0.283 e. The summed E-state index contributed by atoms with van der Waals surface area (Å²) in [5, 5.41) is 19.4. The van der Waals surface area contributed by atoms with Crippen LogP contribution in [0.2, 0.25) is 0 Å². The summed E-state index contributed by atoms with van der Waals surface area (Å²) >= 11 is 0. The molecule has 0 amide bonds. The number of rotatable bonds is 10. The van der Waals surface area contributed by atoms with Gasteiger partial charge < -0.3 is 37.8 Å². The minimum Gasteiger partial charge on any atom is -0.496 e. The first-order chi connectivity index (χ1) is 18.5. The molecule has 10 nitrogen and oxygen atoms in total. The van der Waals surface area contributed by atoms with Crippen molar-refractivity contribution in [2.24, 2.45) is 0 Å². The van der Waals surface area contributed by atoms with Crippen LogP contribution in [0.4, 0.5) is 0 Å². The molecule has 0 radical (unpaired) electrons. The van der Waals surface area contributed by atoms with Gasteiger partial charge in [0.25, 0.3) is 5.89 Å². The molecule has 10 heteroatoms. The van der Waals surface area contributed by atoms with Crippen molar-refractivity contribution < 1.29 is 32.9 Å². The van der Waals surface area contributed by atoms with Crippen molar-refractivity contribution in [3.63, 3.8) is 0 Å². The van der Waals surface area contributed by atoms with Crippen LogP contribution >= 0.6 is 0 Å². The zero-order valence-electron chi connectivity index (χ0n) is 22.1. The summed E-state index contributed by atoms with van der Waals surface area (Å²) in [7, 11) is 4.96. The molecule has 1 N–H and O–H groups in total. The Labute approximate surface area is 221 Å². The number of likely N-dealkylation sites (tertiary alicyclic amines) is 1. The minimum atomic E-state index is -0.642. The lowest BCUT2D eigenvalue weighted by atomic mass is 9.87. The van der Waals surface area contributed by atoms with Gasteiger partial charge >= 0.3 is 0 Å². The van der Waals surface area contributed by atoms with Crippen LogP contribution in [0, 0.1) is 6.92 Å². The lowest BCUT2D eigenvalue weighted by Crippen LogP contribution is -2.40. The van der Waals surface area contributed by atoms with Gasteiger partial charge in [0.2, 0.25) is 5.89 Å². The van der Waals surface area contributed by atoms with Crippen molar-refractivity contribution in [3.8, 4) is 34.6 Å². The first-order valence-electron chi connectivity index (χ1n) is 12.6. The van der Waals surface area contributed by atoms with Gasteiger partial charge in [0.1, 0.15) is 41.3 Å². The van der Waals surface area contributed by atoms with E-state index in [-0.39, 0.29) is 6.61 Å². The third-order valence-electron chi connectivity index (χ3n) is 6.91. The second kappa shape index (κ2) is 11.3. The lowest BCUT2D eigenvalue weighted by Gasteiger charge is -2.34. The summed E-state index contributed by atoms with van der Waals surface area (Å²) in [6, 6.07) is 11.2. The number of β-amino-alcohol motifs (C(OH)–C–C–N with tert-alkyl or cyclic N) is 1. The molecule has 1 atom stereocenters. The Hall–Kier alpha value is -3.76. The molecular formula is C28H33N3O7. The van der Waals surface area contributed by atoms with Crippen molar-refractivity contribution >= 4 is 11.0 Å². The number of fused-ring (bicyclic) bond motifs is 1. The predicted octanol–water partition coefficient (Wildman–Crippen LogP) is 4.44. The number of aryl methyl sites for hydroxylation is 1. The van der Waals surface area contributed by atoms with Crippen LogP contribution < -0.4 is 18.9 Å². The Balaban J connectivity index is 1.18. The molecule has 2 aromatic carbocycles. The zero-order valence-corrected chi connectivity index (χ0v) is 22.1. The highest BCUT2D eigenvalue weighted by Crippen LogP contribution is 2.43. The molecule has 1 aliphatic rings. The molecule has 202 valence electrons. The Kier molecular flexibility index (Phi) is 7.71.